The van der Waals surface area contributed by atoms with E-state index in [4.69, 9.17) is 21.4 Å². The van der Waals surface area contributed by atoms with Crippen molar-refractivity contribution in [1.82, 2.24) is 4.98 Å². The number of hydrogen-bond donors (Lipinski definition) is 2. The molecule has 1 aromatic heterocycles. The second-order valence-electron chi connectivity index (χ2n) is 2.72. The van der Waals surface area contributed by atoms with Gasteiger partial charge >= 0.3 is 0 Å². The van der Waals surface area contributed by atoms with Crippen LogP contribution < -0.4 is 4.74 Å². The minimum atomic E-state index is 0.111. The number of thiol groups is 1. The number of aromatic nitrogens is 1. The number of aliphatic hydroxyl groups excluding tert-OH is 1. The van der Waals surface area contributed by atoms with Gasteiger partial charge in [0.1, 0.15) is 5.15 Å². The molecule has 1 rings (SSSR count). The van der Waals surface area contributed by atoms with E-state index in [-0.39, 0.29) is 6.61 Å². The summed E-state index contributed by atoms with van der Waals surface area (Å²) >= 11 is 9.90. The van der Waals surface area contributed by atoms with E-state index in [0.29, 0.717) is 29.8 Å². The Balaban J connectivity index is 2.62. The maximum atomic E-state index is 8.56. The molecule has 1 N–H and O–H groups in total. The number of pyridine rings is 1. The molecular formula is C9H12ClNO2S. The molecule has 0 unspecified atom stereocenters. The zero-order valence-corrected chi connectivity index (χ0v) is 9.26. The topological polar surface area (TPSA) is 42.4 Å². The molecule has 14 heavy (non-hydrogen) atoms. The predicted molar refractivity (Wildman–Crippen MR) is 59.1 cm³/mol. The summed E-state index contributed by atoms with van der Waals surface area (Å²) in [6.45, 7) is 0.551. The third-order valence-electron chi connectivity index (χ3n) is 1.57. The molecule has 0 saturated heterocycles. The molecule has 0 aliphatic rings. The van der Waals surface area contributed by atoms with Gasteiger partial charge in [-0.25, -0.2) is 4.98 Å². The van der Waals surface area contributed by atoms with Gasteiger partial charge in [-0.05, 0) is 11.6 Å². The Kier molecular flexibility index (Phi) is 5.07. The van der Waals surface area contributed by atoms with E-state index < -0.39 is 0 Å². The van der Waals surface area contributed by atoms with Crippen LogP contribution in [-0.2, 0) is 5.75 Å². The van der Waals surface area contributed by atoms with Gasteiger partial charge in [-0.2, -0.15) is 12.6 Å². The molecule has 1 heterocycles. The Labute approximate surface area is 93.5 Å². The molecule has 0 fully saturated rings. The molecule has 0 radical (unpaired) electrons. The molecule has 0 saturated carbocycles. The van der Waals surface area contributed by atoms with Gasteiger partial charge in [0.15, 0.2) is 0 Å². The smallest absolute Gasteiger partial charge is 0.214 e. The SMILES string of the molecule is OCCCOc1cc(CS)cc(Cl)n1. The highest BCUT2D eigenvalue weighted by Crippen LogP contribution is 2.17. The number of hydrogen-bond acceptors (Lipinski definition) is 4. The maximum absolute atomic E-state index is 8.56. The first kappa shape index (κ1) is 11.6. The molecule has 0 aliphatic carbocycles. The summed E-state index contributed by atoms with van der Waals surface area (Å²) in [4.78, 5) is 3.98. The van der Waals surface area contributed by atoms with Crippen molar-refractivity contribution in [3.05, 3.63) is 22.8 Å². The van der Waals surface area contributed by atoms with Crippen LogP contribution in [0, 0.1) is 0 Å². The van der Waals surface area contributed by atoms with Crippen molar-refractivity contribution in [1.29, 1.82) is 0 Å². The Bertz CT molecular complexity index is 296. The van der Waals surface area contributed by atoms with Crippen LogP contribution in [0.5, 0.6) is 5.88 Å². The highest BCUT2D eigenvalue weighted by atomic mass is 35.5. The van der Waals surface area contributed by atoms with E-state index in [1.807, 2.05) is 0 Å². The van der Waals surface area contributed by atoms with Crippen molar-refractivity contribution in [3.8, 4) is 5.88 Å². The van der Waals surface area contributed by atoms with Gasteiger partial charge in [-0.3, -0.25) is 0 Å². The zero-order valence-electron chi connectivity index (χ0n) is 7.61. The first-order chi connectivity index (χ1) is 6.76. The van der Waals surface area contributed by atoms with Crippen LogP contribution in [0.3, 0.4) is 0 Å². The summed E-state index contributed by atoms with van der Waals surface area (Å²) in [6.07, 6.45) is 0.588. The van der Waals surface area contributed by atoms with Crippen LogP contribution in [0.15, 0.2) is 12.1 Å². The van der Waals surface area contributed by atoms with Crippen molar-refractivity contribution in [3.63, 3.8) is 0 Å². The molecule has 3 nitrogen and oxygen atoms in total. The lowest BCUT2D eigenvalue weighted by Gasteiger charge is -2.05. The summed E-state index contributed by atoms with van der Waals surface area (Å²) in [6, 6.07) is 3.53. The molecule has 0 atom stereocenters. The number of ether oxygens (including phenoxy) is 1. The number of aliphatic hydroxyl groups is 1. The van der Waals surface area contributed by atoms with Crippen LogP contribution in [0.2, 0.25) is 5.15 Å². The van der Waals surface area contributed by atoms with Gasteiger partial charge in [0.2, 0.25) is 5.88 Å². The van der Waals surface area contributed by atoms with E-state index in [1.54, 1.807) is 12.1 Å². The summed E-state index contributed by atoms with van der Waals surface area (Å²) < 4.78 is 5.28. The van der Waals surface area contributed by atoms with Gasteiger partial charge in [0, 0.05) is 24.8 Å². The molecule has 0 bridgehead atoms. The minimum Gasteiger partial charge on any atom is -0.478 e. The van der Waals surface area contributed by atoms with Gasteiger partial charge in [-0.1, -0.05) is 11.6 Å². The predicted octanol–water partition coefficient (Wildman–Crippen LogP) is 1.93. The van der Waals surface area contributed by atoms with Crippen molar-refractivity contribution >= 4 is 24.2 Å². The lowest BCUT2D eigenvalue weighted by molar-refractivity contribution is 0.229. The molecule has 0 aromatic carbocycles. The Morgan fingerprint density at radius 3 is 2.93 bits per heavy atom. The van der Waals surface area contributed by atoms with Gasteiger partial charge in [0.05, 0.1) is 6.61 Å². The van der Waals surface area contributed by atoms with E-state index >= 15 is 0 Å². The summed E-state index contributed by atoms with van der Waals surface area (Å²) in [5.41, 5.74) is 0.965. The largest absolute Gasteiger partial charge is 0.478 e. The normalized spacial score (nSPS) is 10.2. The van der Waals surface area contributed by atoms with Crippen LogP contribution in [0.1, 0.15) is 12.0 Å². The first-order valence-electron chi connectivity index (χ1n) is 4.27. The van der Waals surface area contributed by atoms with Crippen molar-refractivity contribution in [2.24, 2.45) is 0 Å². The third kappa shape index (κ3) is 3.74. The van der Waals surface area contributed by atoms with Crippen LogP contribution in [-0.4, -0.2) is 23.3 Å². The summed E-state index contributed by atoms with van der Waals surface area (Å²) in [5, 5.41) is 8.96. The maximum Gasteiger partial charge on any atom is 0.214 e. The quantitative estimate of drug-likeness (QED) is 0.464. The Morgan fingerprint density at radius 1 is 1.50 bits per heavy atom. The van der Waals surface area contributed by atoms with Gasteiger partial charge in [0.25, 0.3) is 0 Å². The number of nitrogens with zero attached hydrogens (tertiary/aromatic N) is 1. The molecule has 5 heteroatoms. The number of rotatable bonds is 5. The summed E-state index contributed by atoms with van der Waals surface area (Å²) in [5.74, 6) is 1.08. The Hall–Kier alpha value is -0.450. The second kappa shape index (κ2) is 6.11. The molecule has 78 valence electrons. The highest BCUT2D eigenvalue weighted by Gasteiger charge is 2.00. The fraction of sp³-hybridized carbons (Fsp3) is 0.444. The van der Waals surface area contributed by atoms with E-state index in [1.165, 1.54) is 0 Å². The van der Waals surface area contributed by atoms with Crippen LogP contribution >= 0.6 is 24.2 Å². The Morgan fingerprint density at radius 2 is 2.29 bits per heavy atom. The zero-order chi connectivity index (χ0) is 10.4. The van der Waals surface area contributed by atoms with E-state index in [9.17, 15) is 0 Å². The fourth-order valence-electron chi connectivity index (χ4n) is 0.930. The molecule has 0 amide bonds. The lowest BCUT2D eigenvalue weighted by atomic mass is 10.3. The highest BCUT2D eigenvalue weighted by molar-refractivity contribution is 7.79. The fourth-order valence-corrected chi connectivity index (χ4v) is 1.34. The lowest BCUT2D eigenvalue weighted by Crippen LogP contribution is -2.01. The van der Waals surface area contributed by atoms with Crippen molar-refractivity contribution in [2.45, 2.75) is 12.2 Å². The van der Waals surface area contributed by atoms with Crippen molar-refractivity contribution < 1.29 is 9.84 Å². The molecular weight excluding hydrogens is 222 g/mol. The average molecular weight is 234 g/mol. The van der Waals surface area contributed by atoms with Gasteiger partial charge in [-0.15, -0.1) is 0 Å². The minimum absolute atomic E-state index is 0.111. The standard InChI is InChI=1S/C9H12ClNO2S/c10-8-4-7(6-14)5-9(11-8)13-3-1-2-12/h4-5,12,14H,1-3,6H2. The third-order valence-corrected chi connectivity index (χ3v) is 2.12. The molecule has 0 aliphatic heterocycles. The van der Waals surface area contributed by atoms with E-state index in [2.05, 4.69) is 17.6 Å². The van der Waals surface area contributed by atoms with Crippen LogP contribution in [0.25, 0.3) is 0 Å². The van der Waals surface area contributed by atoms with E-state index in [0.717, 1.165) is 5.56 Å². The van der Waals surface area contributed by atoms with Crippen LogP contribution in [0.4, 0.5) is 0 Å². The monoisotopic (exact) mass is 233 g/mol. The van der Waals surface area contributed by atoms with Crippen molar-refractivity contribution in [2.75, 3.05) is 13.2 Å². The van der Waals surface area contributed by atoms with Gasteiger partial charge < -0.3 is 9.84 Å². The molecule has 0 spiro atoms. The summed E-state index contributed by atoms with van der Waals surface area (Å²) in [7, 11) is 0. The average Bonchev–Trinajstić information content (AvgIpc) is 2.17. The first-order valence-corrected chi connectivity index (χ1v) is 5.28. The second-order valence-corrected chi connectivity index (χ2v) is 3.42. The molecule has 1 aromatic rings. The number of halogens is 1.